The zero-order valence-electron chi connectivity index (χ0n) is 29.9. The Morgan fingerprint density at radius 3 is 1.30 bits per heavy atom. The molecule has 0 amide bonds. The quantitative estimate of drug-likeness (QED) is 0.0583. The van der Waals surface area contributed by atoms with E-state index in [0.717, 1.165) is 48.3 Å². The maximum atomic E-state index is 12.4. The monoisotopic (exact) mass is 680 g/mol. The third kappa shape index (κ3) is 12.5. The van der Waals surface area contributed by atoms with Gasteiger partial charge >= 0.3 is 0 Å². The van der Waals surface area contributed by atoms with E-state index >= 15 is 0 Å². The van der Waals surface area contributed by atoms with Crippen molar-refractivity contribution in [1.29, 1.82) is 0 Å². The highest BCUT2D eigenvalue weighted by Crippen LogP contribution is 2.27. The molecule has 0 spiro atoms. The summed E-state index contributed by atoms with van der Waals surface area (Å²) in [4.78, 5) is 24.8. The van der Waals surface area contributed by atoms with E-state index in [4.69, 9.17) is 28.4 Å². The third-order valence-electron chi connectivity index (χ3n) is 7.48. The van der Waals surface area contributed by atoms with Gasteiger partial charge in [0.15, 0.2) is 11.6 Å². The number of ether oxygens (including phenoxy) is 6. The van der Waals surface area contributed by atoms with Gasteiger partial charge < -0.3 is 28.4 Å². The van der Waals surface area contributed by atoms with E-state index in [1.54, 1.807) is 77.0 Å². The average Bonchev–Trinajstić information content (AvgIpc) is 3.16. The highest BCUT2D eigenvalue weighted by Gasteiger charge is 2.08. The number of rotatable bonds is 18. The van der Waals surface area contributed by atoms with Crippen LogP contribution < -0.4 is 28.4 Å². The molecule has 0 aliphatic rings. The molecule has 4 rings (SSSR count). The molecule has 4 aromatic carbocycles. The van der Waals surface area contributed by atoms with E-state index in [1.165, 1.54) is 12.2 Å². The van der Waals surface area contributed by atoms with E-state index in [-0.39, 0.29) is 11.6 Å². The van der Waals surface area contributed by atoms with Crippen LogP contribution in [0, 0.1) is 0 Å². The molecule has 0 atom stereocenters. The summed E-state index contributed by atoms with van der Waals surface area (Å²) >= 11 is 0. The number of hydrogen-bond donors (Lipinski definition) is 0. The zero-order valence-corrected chi connectivity index (χ0v) is 29.9. The fraction of sp³-hybridized carbons (Fsp3) is 0.286. The lowest BCUT2D eigenvalue weighted by Crippen LogP contribution is -1.99. The smallest absolute Gasteiger partial charge is 0.185 e. The Morgan fingerprint density at radius 1 is 0.520 bits per heavy atom. The molecule has 0 aromatic heterocycles. The maximum Gasteiger partial charge on any atom is 0.185 e. The zero-order chi connectivity index (χ0) is 36.1. The van der Waals surface area contributed by atoms with Gasteiger partial charge in [0.05, 0.1) is 41.7 Å². The van der Waals surface area contributed by atoms with Gasteiger partial charge in [-0.05, 0) is 85.7 Å². The molecule has 0 radical (unpaired) electrons. The Bertz CT molecular complexity index is 1600. The minimum absolute atomic E-state index is 0.0844. The van der Waals surface area contributed by atoms with Crippen molar-refractivity contribution in [3.8, 4) is 34.5 Å². The fourth-order valence-corrected chi connectivity index (χ4v) is 4.58. The minimum atomic E-state index is -0.0844. The van der Waals surface area contributed by atoms with E-state index in [1.807, 2.05) is 48.5 Å². The molecule has 264 valence electrons. The summed E-state index contributed by atoms with van der Waals surface area (Å²) in [6.45, 7) is 5.54. The van der Waals surface area contributed by atoms with E-state index in [2.05, 4.69) is 13.8 Å². The number of allylic oxidation sites excluding steroid dienone is 2. The van der Waals surface area contributed by atoms with Gasteiger partial charge in [0.1, 0.15) is 34.5 Å². The van der Waals surface area contributed by atoms with Gasteiger partial charge in [-0.1, -0.05) is 51.0 Å². The van der Waals surface area contributed by atoms with Crippen molar-refractivity contribution in [1.82, 2.24) is 0 Å². The van der Waals surface area contributed by atoms with Crippen LogP contribution in [0.1, 0.15) is 71.4 Å². The highest BCUT2D eigenvalue weighted by atomic mass is 16.5. The molecule has 0 aliphatic heterocycles. The molecular weight excluding hydrogens is 632 g/mol. The van der Waals surface area contributed by atoms with Crippen LogP contribution in [0.5, 0.6) is 34.5 Å². The first kappa shape index (κ1) is 38.9. The summed E-state index contributed by atoms with van der Waals surface area (Å²) in [6, 6.07) is 25.4. The summed E-state index contributed by atoms with van der Waals surface area (Å²) in [7, 11) is 6.38. The third-order valence-corrected chi connectivity index (χ3v) is 7.48. The summed E-state index contributed by atoms with van der Waals surface area (Å²) in [5.74, 6) is 3.98. The molecule has 8 heteroatoms. The molecule has 0 bridgehead atoms. The SMILES string of the molecule is CCCCOc1cccc(C(=O)/C=C/c2ccc(OC)cc2OC)c1.CCCCOc1cccc(C(=O)/C=C/c2ccc(OC)cc2OC)c1. The average molecular weight is 681 g/mol. The van der Waals surface area contributed by atoms with Crippen LogP contribution in [-0.2, 0) is 0 Å². The first-order chi connectivity index (χ1) is 24.3. The van der Waals surface area contributed by atoms with Crippen molar-refractivity contribution in [2.75, 3.05) is 41.7 Å². The molecule has 4 aromatic rings. The summed E-state index contributed by atoms with van der Waals surface area (Å²) in [5.41, 5.74) is 2.81. The Balaban J connectivity index is 0.000000270. The van der Waals surface area contributed by atoms with Crippen molar-refractivity contribution in [3.63, 3.8) is 0 Å². The van der Waals surface area contributed by atoms with E-state index < -0.39 is 0 Å². The van der Waals surface area contributed by atoms with Gasteiger partial charge in [-0.3, -0.25) is 9.59 Å². The lowest BCUT2D eigenvalue weighted by atomic mass is 10.1. The van der Waals surface area contributed by atoms with Crippen LogP contribution in [0.25, 0.3) is 12.2 Å². The van der Waals surface area contributed by atoms with Gasteiger partial charge in [-0.25, -0.2) is 0 Å². The molecule has 0 fully saturated rings. The largest absolute Gasteiger partial charge is 0.497 e. The number of hydrogen-bond acceptors (Lipinski definition) is 8. The summed E-state index contributed by atoms with van der Waals surface area (Å²) < 4.78 is 32.3. The van der Waals surface area contributed by atoms with Crippen molar-refractivity contribution in [2.24, 2.45) is 0 Å². The second-order valence-electron chi connectivity index (χ2n) is 11.1. The number of methoxy groups -OCH3 is 4. The second kappa shape index (κ2) is 21.5. The Hall–Kier alpha value is -5.50. The summed E-state index contributed by atoms with van der Waals surface area (Å²) in [6.07, 6.45) is 10.7. The van der Waals surface area contributed by atoms with Crippen molar-refractivity contribution in [2.45, 2.75) is 39.5 Å². The molecule has 0 unspecified atom stereocenters. The van der Waals surface area contributed by atoms with E-state index in [0.29, 0.717) is 47.3 Å². The van der Waals surface area contributed by atoms with Gasteiger partial charge in [0.25, 0.3) is 0 Å². The predicted molar refractivity (Wildman–Crippen MR) is 200 cm³/mol. The van der Waals surface area contributed by atoms with Crippen LogP contribution in [-0.4, -0.2) is 53.2 Å². The number of ketones is 2. The molecular formula is C42H48O8. The number of benzene rings is 4. The molecule has 8 nitrogen and oxygen atoms in total. The molecule has 0 saturated heterocycles. The lowest BCUT2D eigenvalue weighted by Gasteiger charge is -2.07. The molecule has 0 aliphatic carbocycles. The Kier molecular flexibility index (Phi) is 16.7. The standard InChI is InChI=1S/2C21H24O4/c2*1-4-5-13-25-19-8-6-7-17(14-19)20(22)12-10-16-9-11-18(23-2)15-21(16)24-3/h2*6-12,14-15H,4-5,13H2,1-3H3/b2*12-10+. The molecule has 0 N–H and O–H groups in total. The van der Waals surface area contributed by atoms with Crippen LogP contribution in [0.4, 0.5) is 0 Å². The summed E-state index contributed by atoms with van der Waals surface area (Å²) in [5, 5.41) is 0. The van der Waals surface area contributed by atoms with Crippen molar-refractivity contribution in [3.05, 3.63) is 119 Å². The first-order valence-electron chi connectivity index (χ1n) is 16.7. The van der Waals surface area contributed by atoms with E-state index in [9.17, 15) is 9.59 Å². The molecule has 0 heterocycles. The van der Waals surface area contributed by atoms with Crippen molar-refractivity contribution >= 4 is 23.7 Å². The Morgan fingerprint density at radius 2 is 0.940 bits per heavy atom. The normalized spacial score (nSPS) is 10.7. The van der Waals surface area contributed by atoms with Crippen LogP contribution >= 0.6 is 0 Å². The van der Waals surface area contributed by atoms with Crippen LogP contribution in [0.15, 0.2) is 97.1 Å². The fourth-order valence-electron chi connectivity index (χ4n) is 4.58. The van der Waals surface area contributed by atoms with Gasteiger partial charge in [0, 0.05) is 34.4 Å². The van der Waals surface area contributed by atoms with Crippen molar-refractivity contribution < 1.29 is 38.0 Å². The number of carbonyl (C=O) groups excluding carboxylic acids is 2. The lowest BCUT2D eigenvalue weighted by molar-refractivity contribution is 0.103. The van der Waals surface area contributed by atoms with Gasteiger partial charge in [0.2, 0.25) is 0 Å². The minimum Gasteiger partial charge on any atom is -0.497 e. The predicted octanol–water partition coefficient (Wildman–Crippen LogP) is 9.56. The molecule has 50 heavy (non-hydrogen) atoms. The van der Waals surface area contributed by atoms with Gasteiger partial charge in [-0.15, -0.1) is 0 Å². The number of carbonyl (C=O) groups is 2. The number of unbranched alkanes of at least 4 members (excludes halogenated alkanes) is 2. The second-order valence-corrected chi connectivity index (χ2v) is 11.1. The first-order valence-corrected chi connectivity index (χ1v) is 16.7. The highest BCUT2D eigenvalue weighted by molar-refractivity contribution is 6.07. The maximum absolute atomic E-state index is 12.4. The van der Waals surface area contributed by atoms with Crippen LogP contribution in [0.3, 0.4) is 0 Å². The Labute approximate surface area is 296 Å². The molecule has 0 saturated carbocycles. The van der Waals surface area contributed by atoms with Crippen LogP contribution in [0.2, 0.25) is 0 Å². The van der Waals surface area contributed by atoms with Gasteiger partial charge in [-0.2, -0.15) is 0 Å². The topological polar surface area (TPSA) is 89.5 Å².